The van der Waals surface area contributed by atoms with Crippen molar-refractivity contribution in [2.24, 2.45) is 17.1 Å². The first-order valence-corrected chi connectivity index (χ1v) is 6.44. The number of hydrogen-bond donors (Lipinski definition) is 2. The molecular weight excluding hydrogens is 252 g/mol. The van der Waals surface area contributed by atoms with Crippen molar-refractivity contribution in [3.05, 3.63) is 0 Å². The lowest BCUT2D eigenvalue weighted by molar-refractivity contribution is -0.148. The number of carbonyl (C=O) groups is 2. The van der Waals surface area contributed by atoms with Gasteiger partial charge in [-0.3, -0.25) is 4.79 Å². The van der Waals surface area contributed by atoms with E-state index in [-0.39, 0.29) is 16.8 Å². The van der Waals surface area contributed by atoms with E-state index in [9.17, 15) is 9.59 Å². The quantitative estimate of drug-likeness (QED) is 0.570. The molecule has 1 unspecified atom stereocenters. The fourth-order valence-corrected chi connectivity index (χ4v) is 2.32. The Hall–Kier alpha value is -1.17. The van der Waals surface area contributed by atoms with Gasteiger partial charge in [0.25, 0.3) is 0 Å². The van der Waals surface area contributed by atoms with Crippen LogP contribution in [0.15, 0.2) is 0 Å². The average Bonchev–Trinajstić information content (AvgIpc) is 2.22. The summed E-state index contributed by atoms with van der Waals surface area (Å²) in [5.41, 5.74) is 4.88. The lowest BCUT2D eigenvalue weighted by atomic mass is 9.68. The maximum absolute atomic E-state index is 12.2. The molecule has 1 atom stereocenters. The highest BCUT2D eigenvalue weighted by Gasteiger charge is 2.48. The van der Waals surface area contributed by atoms with E-state index in [0.717, 1.165) is 6.42 Å². The molecule has 0 spiro atoms. The lowest BCUT2D eigenvalue weighted by Gasteiger charge is -2.40. The van der Waals surface area contributed by atoms with Gasteiger partial charge in [0.2, 0.25) is 5.91 Å². The van der Waals surface area contributed by atoms with Crippen LogP contribution in [0.2, 0.25) is 0 Å². The Balaban J connectivity index is 2.78. The molecule has 0 aromatic carbocycles. The predicted octanol–water partition coefficient (Wildman–Crippen LogP) is 0.757. The van der Waals surface area contributed by atoms with Gasteiger partial charge in [0.15, 0.2) is 0 Å². The molecule has 0 aromatic heterocycles. The van der Waals surface area contributed by atoms with Crippen molar-refractivity contribution < 1.29 is 14.3 Å². The average molecular weight is 272 g/mol. The van der Waals surface area contributed by atoms with E-state index < -0.39 is 17.4 Å². The van der Waals surface area contributed by atoms with E-state index in [2.05, 4.69) is 10.1 Å². The number of methoxy groups -OCH3 is 1. The summed E-state index contributed by atoms with van der Waals surface area (Å²) >= 11 is 4.97. The van der Waals surface area contributed by atoms with Crippen molar-refractivity contribution in [3.8, 4) is 0 Å². The molecule has 1 aliphatic carbocycles. The zero-order valence-corrected chi connectivity index (χ0v) is 11.8. The van der Waals surface area contributed by atoms with Crippen molar-refractivity contribution >= 4 is 29.1 Å². The monoisotopic (exact) mass is 272 g/mol. The number of thiocarbonyl (C=S) groups is 1. The Morgan fingerprint density at radius 1 is 1.39 bits per heavy atom. The minimum absolute atomic E-state index is 0.0510. The molecule has 1 rings (SSSR count). The van der Waals surface area contributed by atoms with Gasteiger partial charge in [-0.1, -0.05) is 32.5 Å². The minimum Gasteiger partial charge on any atom is -0.467 e. The van der Waals surface area contributed by atoms with Crippen LogP contribution in [0.3, 0.4) is 0 Å². The van der Waals surface area contributed by atoms with Crippen molar-refractivity contribution in [3.63, 3.8) is 0 Å². The molecule has 18 heavy (non-hydrogen) atoms. The summed E-state index contributed by atoms with van der Waals surface area (Å²) in [5.74, 6) is -0.758. The molecule has 6 heteroatoms. The van der Waals surface area contributed by atoms with E-state index in [4.69, 9.17) is 18.0 Å². The van der Waals surface area contributed by atoms with Crippen molar-refractivity contribution in [1.29, 1.82) is 0 Å². The summed E-state index contributed by atoms with van der Waals surface area (Å²) in [7, 11) is 1.30. The van der Waals surface area contributed by atoms with Crippen LogP contribution in [0.1, 0.15) is 33.1 Å². The van der Waals surface area contributed by atoms with Crippen molar-refractivity contribution in [2.75, 3.05) is 7.11 Å². The van der Waals surface area contributed by atoms with Crippen LogP contribution in [-0.2, 0) is 14.3 Å². The molecule has 0 radical (unpaired) electrons. The highest BCUT2D eigenvalue weighted by atomic mass is 32.1. The van der Waals surface area contributed by atoms with Crippen LogP contribution >= 0.6 is 12.2 Å². The molecule has 0 aliphatic heterocycles. The number of esters is 1. The van der Waals surface area contributed by atoms with Crippen LogP contribution in [0, 0.1) is 11.3 Å². The number of hydrogen-bond acceptors (Lipinski definition) is 4. The van der Waals surface area contributed by atoms with Crippen molar-refractivity contribution in [2.45, 2.75) is 39.2 Å². The molecule has 5 nitrogen and oxygen atoms in total. The number of ether oxygens (including phenoxy) is 1. The van der Waals surface area contributed by atoms with Gasteiger partial charge in [-0.2, -0.15) is 0 Å². The molecule has 1 aliphatic rings. The Labute approximate surface area is 112 Å². The second-order valence-electron chi connectivity index (χ2n) is 5.02. The smallest absolute Gasteiger partial charge is 0.328 e. The summed E-state index contributed by atoms with van der Waals surface area (Å²) in [6.07, 6.45) is 2.23. The van der Waals surface area contributed by atoms with Gasteiger partial charge in [0, 0.05) is 0 Å². The van der Waals surface area contributed by atoms with Crippen LogP contribution < -0.4 is 11.1 Å². The van der Waals surface area contributed by atoms with Gasteiger partial charge in [-0.15, -0.1) is 0 Å². The molecule has 102 valence electrons. The van der Waals surface area contributed by atoms with Crippen LogP contribution in [0.5, 0.6) is 0 Å². The van der Waals surface area contributed by atoms with Crippen molar-refractivity contribution in [1.82, 2.24) is 5.32 Å². The Morgan fingerprint density at radius 2 is 1.94 bits per heavy atom. The molecular formula is C12H20N2O3S. The summed E-state index contributed by atoms with van der Waals surface area (Å²) in [4.78, 5) is 24.0. The SMILES string of the molecule is COC(=O)C(NC(=O)C1(C(N)=S)CCC1)C(C)C. The van der Waals surface area contributed by atoms with Gasteiger partial charge in [-0.05, 0) is 18.8 Å². The second-order valence-corrected chi connectivity index (χ2v) is 5.46. The van der Waals surface area contributed by atoms with E-state index >= 15 is 0 Å². The Bertz CT molecular complexity index is 364. The molecule has 0 heterocycles. The summed E-state index contributed by atoms with van der Waals surface area (Å²) < 4.78 is 4.68. The van der Waals surface area contributed by atoms with Crippen LogP contribution in [0.25, 0.3) is 0 Å². The highest BCUT2D eigenvalue weighted by Crippen LogP contribution is 2.41. The molecule has 0 saturated heterocycles. The van der Waals surface area contributed by atoms with Crippen LogP contribution in [0.4, 0.5) is 0 Å². The van der Waals surface area contributed by atoms with Gasteiger partial charge in [-0.25, -0.2) is 4.79 Å². The Morgan fingerprint density at radius 3 is 2.22 bits per heavy atom. The van der Waals surface area contributed by atoms with Gasteiger partial charge in [0.05, 0.1) is 17.5 Å². The molecule has 1 saturated carbocycles. The number of carbonyl (C=O) groups excluding carboxylic acids is 2. The highest BCUT2D eigenvalue weighted by molar-refractivity contribution is 7.80. The van der Waals surface area contributed by atoms with E-state index in [1.54, 1.807) is 0 Å². The third-order valence-corrected chi connectivity index (χ3v) is 3.91. The first-order chi connectivity index (χ1) is 8.35. The number of amides is 1. The van der Waals surface area contributed by atoms with E-state index in [1.165, 1.54) is 7.11 Å². The maximum atomic E-state index is 12.2. The van der Waals surface area contributed by atoms with Gasteiger partial charge < -0.3 is 15.8 Å². The van der Waals surface area contributed by atoms with E-state index in [1.807, 2.05) is 13.8 Å². The van der Waals surface area contributed by atoms with E-state index in [0.29, 0.717) is 12.8 Å². The normalized spacial score (nSPS) is 18.7. The molecule has 0 aromatic rings. The number of rotatable bonds is 5. The Kier molecular flexibility index (Phi) is 4.67. The molecule has 3 N–H and O–H groups in total. The third kappa shape index (κ3) is 2.63. The molecule has 1 amide bonds. The molecule has 1 fully saturated rings. The van der Waals surface area contributed by atoms with Gasteiger partial charge >= 0.3 is 5.97 Å². The zero-order valence-electron chi connectivity index (χ0n) is 11.0. The topological polar surface area (TPSA) is 81.4 Å². The summed E-state index contributed by atoms with van der Waals surface area (Å²) in [5, 5.41) is 2.71. The zero-order chi connectivity index (χ0) is 13.9. The summed E-state index contributed by atoms with van der Waals surface area (Å²) in [6, 6.07) is -0.658. The second kappa shape index (κ2) is 5.65. The van der Waals surface area contributed by atoms with Crippen LogP contribution in [-0.4, -0.2) is 30.0 Å². The predicted molar refractivity (Wildman–Crippen MR) is 71.9 cm³/mol. The standard InChI is InChI=1S/C12H20N2O3S/c1-7(2)8(9(15)17-3)14-11(16)12(10(13)18)5-4-6-12/h7-8H,4-6H2,1-3H3,(H2,13,18)(H,14,16). The third-order valence-electron chi connectivity index (χ3n) is 3.52. The first-order valence-electron chi connectivity index (χ1n) is 6.04. The minimum atomic E-state index is -0.767. The summed E-state index contributed by atoms with van der Waals surface area (Å²) in [6.45, 7) is 3.69. The fourth-order valence-electron chi connectivity index (χ4n) is 2.02. The first kappa shape index (κ1) is 14.9. The fraction of sp³-hybridized carbons (Fsp3) is 0.750. The lowest BCUT2D eigenvalue weighted by Crippen LogP contribution is -2.57. The maximum Gasteiger partial charge on any atom is 0.328 e. The molecule has 0 bridgehead atoms. The number of nitrogens with two attached hydrogens (primary N) is 1. The largest absolute Gasteiger partial charge is 0.467 e. The van der Waals surface area contributed by atoms with Gasteiger partial charge in [0.1, 0.15) is 6.04 Å². The number of nitrogens with one attached hydrogen (secondary N) is 1.